The van der Waals surface area contributed by atoms with Crippen LogP contribution >= 0.6 is 11.3 Å². The molecule has 2 heteroatoms. The van der Waals surface area contributed by atoms with E-state index in [1.807, 2.05) is 11.3 Å². The second-order valence-electron chi connectivity index (χ2n) is 7.22. The van der Waals surface area contributed by atoms with Gasteiger partial charge in [-0.15, -0.1) is 11.3 Å². The van der Waals surface area contributed by atoms with Gasteiger partial charge in [0, 0.05) is 15.2 Å². The lowest BCUT2D eigenvalue weighted by atomic mass is 9.49. The van der Waals surface area contributed by atoms with Crippen molar-refractivity contribution in [2.75, 3.05) is 0 Å². The van der Waals surface area contributed by atoms with Gasteiger partial charge >= 0.3 is 0 Å². The third-order valence-corrected chi connectivity index (χ3v) is 7.19. The molecule has 19 heavy (non-hydrogen) atoms. The predicted molar refractivity (Wildman–Crippen MR) is 78.2 cm³/mol. The largest absolute Gasteiger partial charge is 0.198 e. The topological polar surface area (TPSA) is 23.8 Å². The van der Waals surface area contributed by atoms with E-state index in [4.69, 9.17) is 5.26 Å². The fourth-order valence-electron chi connectivity index (χ4n) is 5.45. The predicted octanol–water partition coefficient (Wildman–Crippen LogP) is 4.59. The molecule has 1 nitrogen and oxygen atoms in total. The Kier molecular flexibility index (Phi) is 2.58. The molecule has 4 saturated carbocycles. The lowest BCUT2D eigenvalue weighted by molar-refractivity contribution is -0.00348. The van der Waals surface area contributed by atoms with E-state index in [-0.39, 0.29) is 0 Å². The van der Waals surface area contributed by atoms with Gasteiger partial charge in [0.1, 0.15) is 0 Å². The Hall–Kier alpha value is -0.810. The maximum Gasteiger partial charge on any atom is 0.0670 e. The maximum atomic E-state index is 8.94. The van der Waals surface area contributed by atoms with Crippen LogP contribution in [0.15, 0.2) is 6.07 Å². The average molecular weight is 271 g/mol. The second kappa shape index (κ2) is 4.09. The van der Waals surface area contributed by atoms with Crippen molar-refractivity contribution in [3.8, 4) is 6.07 Å². The first-order chi connectivity index (χ1) is 9.18. The van der Waals surface area contributed by atoms with Gasteiger partial charge in [-0.1, -0.05) is 0 Å². The molecule has 4 aliphatic rings. The number of nitriles is 1. The summed E-state index contributed by atoms with van der Waals surface area (Å²) < 4.78 is 0. The molecule has 0 amide bonds. The SMILES string of the molecule is Cc1sc(C23CC4CC(CC(C4)C2)C3)cc1CC#N. The van der Waals surface area contributed by atoms with Crippen LogP contribution in [-0.2, 0) is 11.8 Å². The molecule has 4 fully saturated rings. The van der Waals surface area contributed by atoms with Gasteiger partial charge < -0.3 is 0 Å². The highest BCUT2D eigenvalue weighted by molar-refractivity contribution is 7.12. The van der Waals surface area contributed by atoms with E-state index in [1.165, 1.54) is 49.0 Å². The molecule has 1 aromatic rings. The maximum absolute atomic E-state index is 8.94. The van der Waals surface area contributed by atoms with Crippen LogP contribution in [0.3, 0.4) is 0 Å². The van der Waals surface area contributed by atoms with Gasteiger partial charge in [0.2, 0.25) is 0 Å². The third kappa shape index (κ3) is 1.78. The number of hydrogen-bond donors (Lipinski definition) is 0. The Morgan fingerprint density at radius 2 is 1.79 bits per heavy atom. The van der Waals surface area contributed by atoms with Crippen LogP contribution in [-0.4, -0.2) is 0 Å². The molecule has 4 bridgehead atoms. The zero-order valence-corrected chi connectivity index (χ0v) is 12.4. The Morgan fingerprint density at radius 3 is 2.32 bits per heavy atom. The molecular weight excluding hydrogens is 250 g/mol. The van der Waals surface area contributed by atoms with Crippen LogP contribution in [0.1, 0.15) is 53.8 Å². The molecule has 0 aliphatic heterocycles. The van der Waals surface area contributed by atoms with Gasteiger partial charge in [0.25, 0.3) is 0 Å². The van der Waals surface area contributed by atoms with E-state index in [0.29, 0.717) is 11.8 Å². The Balaban J connectivity index is 1.72. The van der Waals surface area contributed by atoms with E-state index >= 15 is 0 Å². The Morgan fingerprint density at radius 1 is 1.21 bits per heavy atom. The summed E-state index contributed by atoms with van der Waals surface area (Å²) in [6, 6.07) is 4.70. The fraction of sp³-hybridized carbons (Fsp3) is 0.706. The minimum absolute atomic E-state index is 0.512. The molecule has 100 valence electrons. The summed E-state index contributed by atoms with van der Waals surface area (Å²) in [5.41, 5.74) is 1.80. The Labute approximate surface area is 119 Å². The molecule has 5 rings (SSSR count). The average Bonchev–Trinajstić information content (AvgIpc) is 2.70. The van der Waals surface area contributed by atoms with Gasteiger partial charge in [-0.3, -0.25) is 0 Å². The van der Waals surface area contributed by atoms with Crippen molar-refractivity contribution >= 4 is 11.3 Å². The van der Waals surface area contributed by atoms with Gasteiger partial charge in [-0.25, -0.2) is 0 Å². The van der Waals surface area contributed by atoms with Crippen LogP contribution in [0.4, 0.5) is 0 Å². The zero-order chi connectivity index (χ0) is 13.0. The molecule has 1 heterocycles. The summed E-state index contributed by atoms with van der Waals surface area (Å²) in [5, 5.41) is 8.94. The number of rotatable bonds is 2. The fourth-order valence-corrected chi connectivity index (χ4v) is 6.71. The smallest absolute Gasteiger partial charge is 0.0670 e. The minimum atomic E-state index is 0.512. The summed E-state index contributed by atoms with van der Waals surface area (Å²) in [7, 11) is 0. The lowest BCUT2D eigenvalue weighted by Gasteiger charge is -2.56. The molecule has 0 saturated heterocycles. The first-order valence-corrected chi connectivity index (χ1v) is 8.47. The summed E-state index contributed by atoms with van der Waals surface area (Å²) >= 11 is 1.99. The van der Waals surface area contributed by atoms with E-state index in [2.05, 4.69) is 19.1 Å². The molecular formula is C17H21NS. The van der Waals surface area contributed by atoms with Crippen molar-refractivity contribution in [1.29, 1.82) is 5.26 Å². The van der Waals surface area contributed by atoms with Gasteiger partial charge in [0.15, 0.2) is 0 Å². The van der Waals surface area contributed by atoms with Gasteiger partial charge in [-0.05, 0) is 74.8 Å². The molecule has 0 spiro atoms. The van der Waals surface area contributed by atoms with Crippen molar-refractivity contribution in [2.45, 2.75) is 57.3 Å². The highest BCUT2D eigenvalue weighted by atomic mass is 32.1. The van der Waals surface area contributed by atoms with Crippen LogP contribution in [0.25, 0.3) is 0 Å². The van der Waals surface area contributed by atoms with Gasteiger partial charge in [-0.2, -0.15) is 5.26 Å². The lowest BCUT2D eigenvalue weighted by Crippen LogP contribution is -2.48. The van der Waals surface area contributed by atoms with Crippen molar-refractivity contribution in [3.05, 3.63) is 21.4 Å². The molecule has 1 aromatic heterocycles. The van der Waals surface area contributed by atoms with Crippen molar-refractivity contribution in [1.82, 2.24) is 0 Å². The zero-order valence-electron chi connectivity index (χ0n) is 11.6. The molecule has 4 aliphatic carbocycles. The highest BCUT2D eigenvalue weighted by Crippen LogP contribution is 2.61. The van der Waals surface area contributed by atoms with Crippen LogP contribution in [0, 0.1) is 36.0 Å². The monoisotopic (exact) mass is 271 g/mol. The van der Waals surface area contributed by atoms with E-state index in [0.717, 1.165) is 17.8 Å². The quantitative estimate of drug-likeness (QED) is 0.771. The van der Waals surface area contributed by atoms with Crippen LogP contribution < -0.4 is 0 Å². The minimum Gasteiger partial charge on any atom is -0.198 e. The number of aryl methyl sites for hydroxylation is 1. The molecule has 0 N–H and O–H groups in total. The summed E-state index contributed by atoms with van der Waals surface area (Å²) in [5.74, 6) is 3.02. The normalized spacial score (nSPS) is 39.5. The van der Waals surface area contributed by atoms with Crippen molar-refractivity contribution in [2.24, 2.45) is 17.8 Å². The molecule has 0 atom stereocenters. The standard InChI is InChI=1S/C17H21NS/c1-11-15(2-3-18)7-16(19-11)17-8-12-4-13(9-17)6-14(5-12)10-17/h7,12-14H,2,4-6,8-10H2,1H3. The number of nitrogens with zero attached hydrogens (tertiary/aromatic N) is 1. The summed E-state index contributed by atoms with van der Waals surface area (Å²) in [6.45, 7) is 2.20. The summed E-state index contributed by atoms with van der Waals surface area (Å²) in [6.07, 6.45) is 9.42. The first-order valence-electron chi connectivity index (χ1n) is 7.65. The van der Waals surface area contributed by atoms with Crippen molar-refractivity contribution in [3.63, 3.8) is 0 Å². The molecule has 0 unspecified atom stereocenters. The number of hydrogen-bond acceptors (Lipinski definition) is 2. The highest BCUT2D eigenvalue weighted by Gasteiger charge is 2.52. The first kappa shape index (κ1) is 12.0. The van der Waals surface area contributed by atoms with Crippen LogP contribution in [0.2, 0.25) is 0 Å². The van der Waals surface area contributed by atoms with E-state index in [1.54, 1.807) is 4.88 Å². The van der Waals surface area contributed by atoms with Gasteiger partial charge in [0.05, 0.1) is 12.5 Å². The summed E-state index contributed by atoms with van der Waals surface area (Å²) in [4.78, 5) is 3.00. The molecule has 0 radical (unpaired) electrons. The Bertz CT molecular complexity index is 513. The van der Waals surface area contributed by atoms with Crippen molar-refractivity contribution < 1.29 is 0 Å². The molecule has 0 aromatic carbocycles. The third-order valence-electron chi connectivity index (χ3n) is 5.85. The second-order valence-corrected chi connectivity index (χ2v) is 8.48. The van der Waals surface area contributed by atoms with E-state index < -0.39 is 0 Å². The van der Waals surface area contributed by atoms with Crippen LogP contribution in [0.5, 0.6) is 0 Å². The number of thiophene rings is 1. The van der Waals surface area contributed by atoms with E-state index in [9.17, 15) is 0 Å².